The minimum Gasteiger partial charge on any atom is -0.397 e. The maximum Gasteiger partial charge on any atom is 0.326 e. The molecular formula is C31H37Br2N7O4. The average molecular weight is 731 g/mol. The van der Waals surface area contributed by atoms with Crippen LogP contribution in [0.4, 0.5) is 5.69 Å². The van der Waals surface area contributed by atoms with Crippen LogP contribution in [0.5, 0.6) is 0 Å². The number of aromatic amines is 1. The van der Waals surface area contributed by atoms with Crippen LogP contribution in [0, 0.1) is 0 Å². The first-order valence-electron chi connectivity index (χ1n) is 14.7. The molecule has 1 atom stereocenters. The second-order valence-electron chi connectivity index (χ2n) is 11.5. The molecule has 44 heavy (non-hydrogen) atoms. The van der Waals surface area contributed by atoms with Gasteiger partial charge in [-0.05, 0) is 69.4 Å². The number of nitrogens with one attached hydrogen (secondary N) is 2. The topological polar surface area (TPSA) is 137 Å². The number of hydrogen-bond acceptors (Lipinski definition) is 7. The summed E-state index contributed by atoms with van der Waals surface area (Å²) in [5, 5.41) is 2.87. The summed E-state index contributed by atoms with van der Waals surface area (Å²) in [6.45, 7) is 4.20. The number of ketones is 1. The van der Waals surface area contributed by atoms with Gasteiger partial charge in [-0.1, -0.05) is 30.3 Å². The molecule has 13 heteroatoms. The number of hydrogen-bond donors (Lipinski definition) is 3. The highest BCUT2D eigenvalue weighted by molar-refractivity contribution is 9.11. The summed E-state index contributed by atoms with van der Waals surface area (Å²) in [5.41, 5.74) is 8.33. The Labute approximate surface area is 273 Å². The number of likely N-dealkylation sites (tertiary alicyclic amines) is 1. The molecule has 11 nitrogen and oxygen atoms in total. The van der Waals surface area contributed by atoms with Gasteiger partial charge >= 0.3 is 5.69 Å². The van der Waals surface area contributed by atoms with Crippen LogP contribution >= 0.6 is 31.9 Å². The molecule has 2 aliphatic rings. The number of Topliss-reactive ketones (excluding diaryl/α,β-unsaturated/α-hetero) is 1. The third-order valence-corrected chi connectivity index (χ3v) is 9.70. The molecule has 2 fully saturated rings. The van der Waals surface area contributed by atoms with Gasteiger partial charge < -0.3 is 25.8 Å². The normalized spacial score (nSPS) is 17.4. The zero-order valence-electron chi connectivity index (χ0n) is 24.6. The number of H-pyrrole nitrogens is 1. The lowest BCUT2D eigenvalue weighted by molar-refractivity contribution is -0.137. The Morgan fingerprint density at radius 2 is 1.64 bits per heavy atom. The number of carbonyl (C=O) groups excluding carboxylic acids is 3. The second kappa shape index (κ2) is 14.2. The molecule has 0 unspecified atom stereocenters. The first-order valence-corrected chi connectivity index (χ1v) is 16.3. The van der Waals surface area contributed by atoms with Crippen LogP contribution in [0.3, 0.4) is 0 Å². The lowest BCUT2D eigenvalue weighted by Gasteiger charge is -2.35. The van der Waals surface area contributed by atoms with E-state index in [1.165, 1.54) is 0 Å². The number of piperazine rings is 1. The van der Waals surface area contributed by atoms with Crippen molar-refractivity contribution >= 4 is 55.1 Å². The molecule has 0 spiro atoms. The van der Waals surface area contributed by atoms with Gasteiger partial charge in [-0.25, -0.2) is 4.79 Å². The Kier molecular flexibility index (Phi) is 10.4. The number of halogens is 2. The number of imidazole rings is 1. The number of nitrogens with two attached hydrogens (primary N) is 1. The summed E-state index contributed by atoms with van der Waals surface area (Å²) in [7, 11) is 2.05. The van der Waals surface area contributed by atoms with Crippen LogP contribution in [0.15, 0.2) is 62.4 Å². The molecule has 0 aliphatic carbocycles. The SMILES string of the molecule is CN1CCN(CC(=O)N[C@H](CC(=O)c2cc(Br)c(N)c(Br)c2)C(=O)N2CCC(n3cc(-c4ccccc4)[nH]c3=O)CC2)CC1. The van der Waals surface area contributed by atoms with Crippen molar-refractivity contribution in [3.8, 4) is 11.3 Å². The third-order valence-electron chi connectivity index (χ3n) is 8.39. The number of carbonyl (C=O) groups is 3. The highest BCUT2D eigenvalue weighted by Gasteiger charge is 2.33. The molecule has 0 saturated carbocycles. The molecular weight excluding hydrogens is 694 g/mol. The van der Waals surface area contributed by atoms with E-state index in [4.69, 9.17) is 5.73 Å². The molecule has 4 N–H and O–H groups in total. The first-order chi connectivity index (χ1) is 21.1. The van der Waals surface area contributed by atoms with E-state index in [0.29, 0.717) is 46.1 Å². The van der Waals surface area contributed by atoms with E-state index in [1.807, 2.05) is 43.6 Å². The lowest BCUT2D eigenvalue weighted by Crippen LogP contribution is -2.54. The Morgan fingerprint density at radius 3 is 2.27 bits per heavy atom. The number of likely N-dealkylation sites (N-methyl/N-ethyl adjacent to an activating group) is 1. The third kappa shape index (κ3) is 7.68. The number of aromatic nitrogens is 2. The van der Waals surface area contributed by atoms with Crippen LogP contribution in [0.2, 0.25) is 0 Å². The van der Waals surface area contributed by atoms with E-state index in [2.05, 4.69) is 52.0 Å². The second-order valence-corrected chi connectivity index (χ2v) is 13.2. The van der Waals surface area contributed by atoms with Crippen molar-refractivity contribution < 1.29 is 14.4 Å². The molecule has 2 amide bonds. The molecule has 3 aromatic rings. The van der Waals surface area contributed by atoms with Gasteiger partial charge in [-0.15, -0.1) is 0 Å². The summed E-state index contributed by atoms with van der Waals surface area (Å²) in [6.07, 6.45) is 2.80. The zero-order chi connectivity index (χ0) is 31.4. The van der Waals surface area contributed by atoms with Gasteiger partial charge in [0, 0.05) is 72.4 Å². The van der Waals surface area contributed by atoms with Crippen LogP contribution in [-0.4, -0.2) is 101 Å². The van der Waals surface area contributed by atoms with Crippen LogP contribution in [-0.2, 0) is 9.59 Å². The number of amides is 2. The van der Waals surface area contributed by atoms with E-state index in [9.17, 15) is 19.2 Å². The van der Waals surface area contributed by atoms with Crippen molar-refractivity contribution in [1.29, 1.82) is 0 Å². The molecule has 234 valence electrons. The predicted molar refractivity (Wildman–Crippen MR) is 176 cm³/mol. The molecule has 2 aliphatic heterocycles. The number of nitrogen functional groups attached to an aromatic ring is 1. The molecule has 2 saturated heterocycles. The summed E-state index contributed by atoms with van der Waals surface area (Å²) in [5.74, 6) is -0.877. The van der Waals surface area contributed by atoms with Crippen molar-refractivity contribution in [2.75, 3.05) is 58.6 Å². The van der Waals surface area contributed by atoms with Crippen molar-refractivity contribution in [3.63, 3.8) is 0 Å². The Morgan fingerprint density at radius 1 is 1.00 bits per heavy atom. The Balaban J connectivity index is 1.27. The minimum absolute atomic E-state index is 0.0726. The number of rotatable bonds is 9. The highest BCUT2D eigenvalue weighted by atomic mass is 79.9. The van der Waals surface area contributed by atoms with Gasteiger partial charge in [0.25, 0.3) is 0 Å². The lowest BCUT2D eigenvalue weighted by atomic mass is 10.00. The zero-order valence-corrected chi connectivity index (χ0v) is 27.8. The molecule has 0 radical (unpaired) electrons. The summed E-state index contributed by atoms with van der Waals surface area (Å²) < 4.78 is 2.84. The van der Waals surface area contributed by atoms with E-state index in [1.54, 1.807) is 21.6 Å². The van der Waals surface area contributed by atoms with Gasteiger partial charge in [-0.3, -0.25) is 23.9 Å². The number of nitrogens with zero attached hydrogens (tertiary/aromatic N) is 4. The van der Waals surface area contributed by atoms with Crippen molar-refractivity contribution in [3.05, 3.63) is 73.7 Å². The quantitative estimate of drug-likeness (QED) is 0.228. The number of benzene rings is 2. The maximum absolute atomic E-state index is 13.8. The largest absolute Gasteiger partial charge is 0.397 e. The van der Waals surface area contributed by atoms with Gasteiger partial charge in [-0.2, -0.15) is 0 Å². The molecule has 3 heterocycles. The van der Waals surface area contributed by atoms with E-state index in [-0.39, 0.29) is 42.3 Å². The fraction of sp³-hybridized carbons (Fsp3) is 0.419. The summed E-state index contributed by atoms with van der Waals surface area (Å²) in [6, 6.07) is 11.8. The smallest absolute Gasteiger partial charge is 0.326 e. The van der Waals surface area contributed by atoms with E-state index >= 15 is 0 Å². The summed E-state index contributed by atoms with van der Waals surface area (Å²) >= 11 is 6.76. The van der Waals surface area contributed by atoms with Crippen molar-refractivity contribution in [1.82, 2.24) is 29.6 Å². The predicted octanol–water partition coefficient (Wildman–Crippen LogP) is 3.12. The molecule has 2 aromatic carbocycles. The molecule has 1 aromatic heterocycles. The fourth-order valence-electron chi connectivity index (χ4n) is 5.73. The molecule has 0 bridgehead atoms. The van der Waals surface area contributed by atoms with E-state index in [0.717, 1.165) is 37.4 Å². The van der Waals surface area contributed by atoms with Gasteiger partial charge in [0.05, 0.1) is 17.9 Å². The number of anilines is 1. The maximum atomic E-state index is 13.8. The minimum atomic E-state index is -1.02. The average Bonchev–Trinajstić information content (AvgIpc) is 3.42. The van der Waals surface area contributed by atoms with Gasteiger partial charge in [0.2, 0.25) is 11.8 Å². The molecule has 5 rings (SSSR count). The Hall–Kier alpha value is -3.26. The van der Waals surface area contributed by atoms with Crippen LogP contribution in [0.1, 0.15) is 35.7 Å². The van der Waals surface area contributed by atoms with Gasteiger partial charge in [0.15, 0.2) is 5.78 Å². The van der Waals surface area contributed by atoms with Crippen LogP contribution in [0.25, 0.3) is 11.3 Å². The van der Waals surface area contributed by atoms with Crippen molar-refractivity contribution in [2.45, 2.75) is 31.3 Å². The first kappa shape index (κ1) is 32.1. The fourth-order valence-corrected chi connectivity index (χ4v) is 6.91. The van der Waals surface area contributed by atoms with Gasteiger partial charge in [0.1, 0.15) is 6.04 Å². The standard InChI is InChI=1S/C31H37Br2N7O4/c1-37-11-13-38(14-12-37)19-28(42)35-25(17-27(41)21-15-23(32)29(34)24(33)16-21)30(43)39-9-7-22(8-10-39)40-18-26(36-31(40)44)20-5-3-2-4-6-20/h2-6,15-16,18,22,25H,7-14,17,19,34H2,1H3,(H,35,42)(H,36,44)/t25-/m1/s1. The van der Waals surface area contributed by atoms with E-state index < -0.39 is 6.04 Å². The van der Waals surface area contributed by atoms with Crippen LogP contribution < -0.4 is 16.7 Å². The highest BCUT2D eigenvalue weighted by Crippen LogP contribution is 2.30. The Bertz CT molecular complexity index is 1540. The monoisotopic (exact) mass is 729 g/mol. The van der Waals surface area contributed by atoms with Crippen molar-refractivity contribution in [2.24, 2.45) is 0 Å². The summed E-state index contributed by atoms with van der Waals surface area (Å²) in [4.78, 5) is 62.0. The number of piperidine rings is 1.